The molecule has 0 spiro atoms. The van der Waals surface area contributed by atoms with Crippen molar-refractivity contribution >= 4 is 0 Å². The minimum Gasteiger partial charge on any atom is -0.380 e. The molecule has 112 valence electrons. The molecule has 1 unspecified atom stereocenters. The Hall–Kier alpha value is -1.04. The molecule has 3 nitrogen and oxygen atoms in total. The third kappa shape index (κ3) is 4.23. The summed E-state index contributed by atoms with van der Waals surface area (Å²) in [6.45, 7) is 2.37. The molecule has 0 heterocycles. The second-order valence-corrected chi connectivity index (χ2v) is 5.42. The highest BCUT2D eigenvalue weighted by Crippen LogP contribution is 2.28. The van der Waals surface area contributed by atoms with Gasteiger partial charge in [0.15, 0.2) is 0 Å². The summed E-state index contributed by atoms with van der Waals surface area (Å²) < 4.78 is 32.3. The van der Waals surface area contributed by atoms with Gasteiger partial charge < -0.3 is 10.5 Å². The fourth-order valence-corrected chi connectivity index (χ4v) is 2.21. The molecule has 1 fully saturated rings. The van der Waals surface area contributed by atoms with Crippen LogP contribution in [0.2, 0.25) is 0 Å². The van der Waals surface area contributed by atoms with Gasteiger partial charge in [0, 0.05) is 37.4 Å². The molecule has 0 aromatic heterocycles. The SMILES string of the molecule is CN(CCOCC1CC1)C(CN)c1ccc(F)cc1F. The van der Waals surface area contributed by atoms with Gasteiger partial charge in [0.2, 0.25) is 0 Å². The Bertz CT molecular complexity index is 438. The first-order valence-corrected chi connectivity index (χ1v) is 7.04. The van der Waals surface area contributed by atoms with Crippen LogP contribution in [-0.4, -0.2) is 38.3 Å². The average Bonchev–Trinajstić information content (AvgIpc) is 3.22. The maximum absolute atomic E-state index is 13.8. The summed E-state index contributed by atoms with van der Waals surface area (Å²) in [7, 11) is 1.88. The third-order valence-corrected chi connectivity index (χ3v) is 3.72. The highest BCUT2D eigenvalue weighted by atomic mass is 19.1. The van der Waals surface area contributed by atoms with Crippen LogP contribution in [0.1, 0.15) is 24.4 Å². The number of ether oxygens (including phenoxy) is 1. The maximum Gasteiger partial charge on any atom is 0.130 e. The van der Waals surface area contributed by atoms with E-state index in [1.54, 1.807) is 0 Å². The van der Waals surface area contributed by atoms with Crippen LogP contribution in [0.3, 0.4) is 0 Å². The van der Waals surface area contributed by atoms with Crippen LogP contribution in [-0.2, 0) is 4.74 Å². The zero-order valence-electron chi connectivity index (χ0n) is 11.8. The molecule has 0 amide bonds. The van der Waals surface area contributed by atoms with Gasteiger partial charge in [0.1, 0.15) is 11.6 Å². The Morgan fingerprint density at radius 3 is 2.75 bits per heavy atom. The smallest absolute Gasteiger partial charge is 0.130 e. The summed E-state index contributed by atoms with van der Waals surface area (Å²) in [6.07, 6.45) is 2.53. The van der Waals surface area contributed by atoms with E-state index >= 15 is 0 Å². The van der Waals surface area contributed by atoms with Gasteiger partial charge in [-0.05, 0) is 31.9 Å². The van der Waals surface area contributed by atoms with Crippen molar-refractivity contribution in [2.75, 3.05) is 33.4 Å². The monoisotopic (exact) mass is 284 g/mol. The lowest BCUT2D eigenvalue weighted by Crippen LogP contribution is -2.33. The Morgan fingerprint density at radius 2 is 2.15 bits per heavy atom. The molecule has 1 aliphatic rings. The van der Waals surface area contributed by atoms with Crippen molar-refractivity contribution in [1.29, 1.82) is 0 Å². The van der Waals surface area contributed by atoms with Gasteiger partial charge >= 0.3 is 0 Å². The fraction of sp³-hybridized carbons (Fsp3) is 0.600. The van der Waals surface area contributed by atoms with Crippen LogP contribution in [0, 0.1) is 17.6 Å². The molecule has 20 heavy (non-hydrogen) atoms. The number of hydrogen-bond acceptors (Lipinski definition) is 3. The van der Waals surface area contributed by atoms with E-state index in [-0.39, 0.29) is 12.6 Å². The van der Waals surface area contributed by atoms with Crippen molar-refractivity contribution < 1.29 is 13.5 Å². The molecule has 1 atom stereocenters. The van der Waals surface area contributed by atoms with Crippen LogP contribution in [0.5, 0.6) is 0 Å². The van der Waals surface area contributed by atoms with Crippen LogP contribution < -0.4 is 5.73 Å². The van der Waals surface area contributed by atoms with Crippen molar-refractivity contribution in [1.82, 2.24) is 4.90 Å². The number of nitrogens with two attached hydrogens (primary N) is 1. The van der Waals surface area contributed by atoms with E-state index in [4.69, 9.17) is 10.5 Å². The highest BCUT2D eigenvalue weighted by molar-refractivity contribution is 5.22. The second-order valence-electron chi connectivity index (χ2n) is 5.42. The van der Waals surface area contributed by atoms with E-state index < -0.39 is 11.6 Å². The Kier molecular flexibility index (Phi) is 5.46. The van der Waals surface area contributed by atoms with E-state index in [1.807, 2.05) is 11.9 Å². The minimum atomic E-state index is -0.572. The molecule has 1 aromatic carbocycles. The zero-order chi connectivity index (χ0) is 14.5. The van der Waals surface area contributed by atoms with Gasteiger partial charge in [0.25, 0.3) is 0 Å². The van der Waals surface area contributed by atoms with Gasteiger partial charge in [-0.3, -0.25) is 4.90 Å². The van der Waals surface area contributed by atoms with E-state index in [0.717, 1.165) is 18.6 Å². The molecule has 1 saturated carbocycles. The summed E-state index contributed by atoms with van der Waals surface area (Å²) in [5, 5.41) is 0. The van der Waals surface area contributed by atoms with Crippen LogP contribution >= 0.6 is 0 Å². The van der Waals surface area contributed by atoms with E-state index in [0.29, 0.717) is 18.7 Å². The lowest BCUT2D eigenvalue weighted by molar-refractivity contribution is 0.0917. The fourth-order valence-electron chi connectivity index (χ4n) is 2.21. The largest absolute Gasteiger partial charge is 0.380 e. The topological polar surface area (TPSA) is 38.5 Å². The first-order valence-electron chi connectivity index (χ1n) is 7.04. The van der Waals surface area contributed by atoms with Crippen molar-refractivity contribution in [2.24, 2.45) is 11.7 Å². The van der Waals surface area contributed by atoms with Crippen molar-refractivity contribution in [2.45, 2.75) is 18.9 Å². The molecule has 1 aliphatic carbocycles. The molecular weight excluding hydrogens is 262 g/mol. The molecule has 0 aliphatic heterocycles. The third-order valence-electron chi connectivity index (χ3n) is 3.72. The van der Waals surface area contributed by atoms with Crippen molar-refractivity contribution in [3.8, 4) is 0 Å². The van der Waals surface area contributed by atoms with Crippen molar-refractivity contribution in [3.05, 3.63) is 35.4 Å². The van der Waals surface area contributed by atoms with E-state index in [2.05, 4.69) is 0 Å². The van der Waals surface area contributed by atoms with Gasteiger partial charge in [0.05, 0.1) is 6.61 Å². The molecule has 2 rings (SSSR count). The number of rotatable bonds is 8. The van der Waals surface area contributed by atoms with Crippen LogP contribution in [0.25, 0.3) is 0 Å². The summed E-state index contributed by atoms with van der Waals surface area (Å²) in [6, 6.07) is 3.36. The molecule has 5 heteroatoms. The first kappa shape index (κ1) is 15.4. The van der Waals surface area contributed by atoms with Crippen LogP contribution in [0.4, 0.5) is 8.78 Å². The average molecular weight is 284 g/mol. The normalized spacial score (nSPS) is 16.6. The molecule has 1 aromatic rings. The summed E-state index contributed by atoms with van der Waals surface area (Å²) in [4.78, 5) is 1.95. The number of likely N-dealkylation sites (N-methyl/N-ethyl adjacent to an activating group) is 1. The maximum atomic E-state index is 13.8. The molecule has 0 radical (unpaired) electrons. The van der Waals surface area contributed by atoms with Gasteiger partial charge in [-0.1, -0.05) is 6.07 Å². The lowest BCUT2D eigenvalue weighted by Gasteiger charge is -2.27. The number of nitrogens with zero attached hydrogens (tertiary/aromatic N) is 1. The molecule has 0 saturated heterocycles. The second kappa shape index (κ2) is 7.11. The quantitative estimate of drug-likeness (QED) is 0.745. The Morgan fingerprint density at radius 1 is 1.40 bits per heavy atom. The van der Waals surface area contributed by atoms with E-state index in [9.17, 15) is 8.78 Å². The predicted octanol–water partition coefficient (Wildman–Crippen LogP) is 2.32. The van der Waals surface area contributed by atoms with E-state index in [1.165, 1.54) is 25.0 Å². The Labute approximate surface area is 118 Å². The van der Waals surface area contributed by atoms with Gasteiger partial charge in [-0.2, -0.15) is 0 Å². The Balaban J connectivity index is 1.88. The lowest BCUT2D eigenvalue weighted by atomic mass is 10.0. The molecule has 0 bridgehead atoms. The summed E-state index contributed by atoms with van der Waals surface area (Å²) in [5.74, 6) is -0.385. The summed E-state index contributed by atoms with van der Waals surface area (Å²) in [5.41, 5.74) is 6.16. The number of halogens is 2. The predicted molar refractivity (Wildman–Crippen MR) is 74.3 cm³/mol. The first-order chi connectivity index (χ1) is 9.61. The van der Waals surface area contributed by atoms with Crippen molar-refractivity contribution in [3.63, 3.8) is 0 Å². The van der Waals surface area contributed by atoms with Crippen LogP contribution in [0.15, 0.2) is 18.2 Å². The number of benzene rings is 1. The van der Waals surface area contributed by atoms with Gasteiger partial charge in [-0.25, -0.2) is 8.78 Å². The zero-order valence-corrected chi connectivity index (χ0v) is 11.8. The minimum absolute atomic E-state index is 0.264. The summed E-state index contributed by atoms with van der Waals surface area (Å²) >= 11 is 0. The highest BCUT2D eigenvalue weighted by Gasteiger charge is 2.22. The van der Waals surface area contributed by atoms with Gasteiger partial charge in [-0.15, -0.1) is 0 Å². The molecular formula is C15H22F2N2O. The number of hydrogen-bond donors (Lipinski definition) is 1. The standard InChI is InChI=1S/C15H22F2N2O/c1-19(6-7-20-10-11-2-3-11)15(9-18)13-5-4-12(16)8-14(13)17/h4-5,8,11,15H,2-3,6-7,9-10,18H2,1H3. The molecule has 2 N–H and O–H groups in total.